The van der Waals surface area contributed by atoms with Crippen molar-refractivity contribution in [1.29, 1.82) is 0 Å². The van der Waals surface area contributed by atoms with E-state index in [1.165, 1.54) is 0 Å². The standard InChI is InChI=1S/C12H22N2O2.ClH/c1-9-7-14(8-12(2,3)16-9)11(15)10-5-4-6-13-10;/h9-10,13H,4-8H2,1-3H3;1H. The molecule has 2 atom stereocenters. The molecule has 0 aromatic rings. The Morgan fingerprint density at radius 3 is 2.71 bits per heavy atom. The summed E-state index contributed by atoms with van der Waals surface area (Å²) in [7, 11) is 0. The molecule has 5 heteroatoms. The largest absolute Gasteiger partial charge is 0.369 e. The van der Waals surface area contributed by atoms with Gasteiger partial charge in [0.15, 0.2) is 0 Å². The minimum Gasteiger partial charge on any atom is -0.369 e. The van der Waals surface area contributed by atoms with Crippen LogP contribution in [0, 0.1) is 0 Å². The number of carbonyl (C=O) groups excluding carboxylic acids is 1. The molecule has 2 unspecified atom stereocenters. The van der Waals surface area contributed by atoms with Gasteiger partial charge in [-0.2, -0.15) is 0 Å². The van der Waals surface area contributed by atoms with Gasteiger partial charge in [0.25, 0.3) is 0 Å². The Labute approximate surface area is 109 Å². The van der Waals surface area contributed by atoms with Crippen molar-refractivity contribution in [3.63, 3.8) is 0 Å². The number of ether oxygens (including phenoxy) is 1. The van der Waals surface area contributed by atoms with E-state index in [1.54, 1.807) is 0 Å². The molecule has 0 aromatic carbocycles. The van der Waals surface area contributed by atoms with Crippen LogP contribution in [-0.2, 0) is 9.53 Å². The number of hydrogen-bond donors (Lipinski definition) is 1. The van der Waals surface area contributed by atoms with Crippen LogP contribution >= 0.6 is 12.4 Å². The lowest BCUT2D eigenvalue weighted by Crippen LogP contribution is -2.57. The fraction of sp³-hybridized carbons (Fsp3) is 0.917. The Balaban J connectivity index is 0.00000144. The van der Waals surface area contributed by atoms with Crippen LogP contribution in [0.3, 0.4) is 0 Å². The topological polar surface area (TPSA) is 41.6 Å². The van der Waals surface area contributed by atoms with Crippen molar-refractivity contribution in [3.8, 4) is 0 Å². The Morgan fingerprint density at radius 1 is 1.47 bits per heavy atom. The highest BCUT2D eigenvalue weighted by atomic mass is 35.5. The van der Waals surface area contributed by atoms with Crippen LogP contribution in [0.5, 0.6) is 0 Å². The van der Waals surface area contributed by atoms with Gasteiger partial charge in [-0.3, -0.25) is 4.79 Å². The molecule has 2 fully saturated rings. The molecule has 0 spiro atoms. The molecule has 0 aliphatic carbocycles. The van der Waals surface area contributed by atoms with E-state index in [1.807, 2.05) is 25.7 Å². The highest BCUT2D eigenvalue weighted by molar-refractivity contribution is 5.85. The molecule has 1 amide bonds. The predicted molar refractivity (Wildman–Crippen MR) is 69.5 cm³/mol. The molecule has 2 saturated heterocycles. The third kappa shape index (κ3) is 3.57. The molecule has 2 aliphatic rings. The molecule has 0 saturated carbocycles. The maximum atomic E-state index is 12.2. The highest BCUT2D eigenvalue weighted by Crippen LogP contribution is 2.22. The van der Waals surface area contributed by atoms with Gasteiger partial charge in [0.05, 0.1) is 17.7 Å². The Morgan fingerprint density at radius 2 is 2.18 bits per heavy atom. The number of carbonyl (C=O) groups is 1. The second-order valence-corrected chi connectivity index (χ2v) is 5.56. The summed E-state index contributed by atoms with van der Waals surface area (Å²) in [6.45, 7) is 8.52. The van der Waals surface area contributed by atoms with E-state index >= 15 is 0 Å². The second kappa shape index (κ2) is 5.55. The number of morpholine rings is 1. The molecule has 100 valence electrons. The first-order valence-electron chi connectivity index (χ1n) is 6.18. The van der Waals surface area contributed by atoms with E-state index in [4.69, 9.17) is 4.74 Å². The number of nitrogens with zero attached hydrogens (tertiary/aromatic N) is 1. The van der Waals surface area contributed by atoms with E-state index in [9.17, 15) is 4.79 Å². The van der Waals surface area contributed by atoms with Gasteiger partial charge in [-0.25, -0.2) is 0 Å². The maximum Gasteiger partial charge on any atom is 0.239 e. The van der Waals surface area contributed by atoms with Crippen LogP contribution in [-0.4, -0.2) is 48.2 Å². The van der Waals surface area contributed by atoms with Crippen LogP contribution in [0.1, 0.15) is 33.6 Å². The second-order valence-electron chi connectivity index (χ2n) is 5.56. The number of nitrogens with one attached hydrogen (secondary N) is 1. The normalized spacial score (nSPS) is 32.1. The zero-order valence-corrected chi connectivity index (χ0v) is 11.7. The number of amides is 1. The van der Waals surface area contributed by atoms with E-state index in [-0.39, 0.29) is 36.1 Å². The molecule has 0 aromatic heterocycles. The lowest BCUT2D eigenvalue weighted by molar-refractivity contribution is -0.159. The lowest BCUT2D eigenvalue weighted by atomic mass is 10.0. The summed E-state index contributed by atoms with van der Waals surface area (Å²) in [5.74, 6) is 0.251. The summed E-state index contributed by atoms with van der Waals surface area (Å²) in [6, 6.07) is 0.0427. The van der Waals surface area contributed by atoms with E-state index in [2.05, 4.69) is 5.32 Å². The van der Waals surface area contributed by atoms with Crippen molar-refractivity contribution in [3.05, 3.63) is 0 Å². The molecule has 17 heavy (non-hydrogen) atoms. The van der Waals surface area contributed by atoms with Crippen molar-refractivity contribution in [1.82, 2.24) is 10.2 Å². The van der Waals surface area contributed by atoms with Gasteiger partial charge in [-0.1, -0.05) is 0 Å². The monoisotopic (exact) mass is 262 g/mol. The van der Waals surface area contributed by atoms with Gasteiger partial charge < -0.3 is 15.0 Å². The Hall–Kier alpha value is -0.320. The molecule has 2 rings (SSSR count). The van der Waals surface area contributed by atoms with Crippen molar-refractivity contribution in [2.45, 2.75) is 51.4 Å². The van der Waals surface area contributed by atoms with Crippen molar-refractivity contribution < 1.29 is 9.53 Å². The first-order valence-corrected chi connectivity index (χ1v) is 6.18. The van der Waals surface area contributed by atoms with Gasteiger partial charge in [0.1, 0.15) is 0 Å². The van der Waals surface area contributed by atoms with E-state index in [0.29, 0.717) is 6.54 Å². The zero-order chi connectivity index (χ0) is 11.8. The molecule has 0 radical (unpaired) electrons. The molecule has 4 nitrogen and oxygen atoms in total. The summed E-state index contributed by atoms with van der Waals surface area (Å²) >= 11 is 0. The van der Waals surface area contributed by atoms with Crippen molar-refractivity contribution in [2.24, 2.45) is 0 Å². The first-order chi connectivity index (χ1) is 7.48. The molecule has 2 heterocycles. The predicted octanol–water partition coefficient (Wildman–Crippen LogP) is 1.19. The minimum absolute atomic E-state index is 0. The summed E-state index contributed by atoms with van der Waals surface area (Å²) < 4.78 is 5.80. The Bertz CT molecular complexity index is 278. The third-order valence-corrected chi connectivity index (χ3v) is 3.24. The fourth-order valence-electron chi connectivity index (χ4n) is 2.74. The number of hydrogen-bond acceptors (Lipinski definition) is 3. The van der Waals surface area contributed by atoms with Crippen molar-refractivity contribution >= 4 is 18.3 Å². The average Bonchev–Trinajstić information content (AvgIpc) is 2.65. The van der Waals surface area contributed by atoms with Crippen LogP contribution in [0.4, 0.5) is 0 Å². The molecule has 2 aliphatic heterocycles. The zero-order valence-electron chi connectivity index (χ0n) is 10.9. The first kappa shape index (κ1) is 14.7. The summed E-state index contributed by atoms with van der Waals surface area (Å²) in [4.78, 5) is 14.2. The summed E-state index contributed by atoms with van der Waals surface area (Å²) in [6.07, 6.45) is 2.22. The number of rotatable bonds is 1. The summed E-state index contributed by atoms with van der Waals surface area (Å²) in [5.41, 5.74) is -0.216. The lowest BCUT2D eigenvalue weighted by Gasteiger charge is -2.42. The van der Waals surface area contributed by atoms with Crippen LogP contribution in [0.25, 0.3) is 0 Å². The van der Waals surface area contributed by atoms with Crippen LogP contribution in [0.15, 0.2) is 0 Å². The van der Waals surface area contributed by atoms with Gasteiger partial charge in [-0.15, -0.1) is 12.4 Å². The molecular weight excluding hydrogens is 240 g/mol. The maximum absolute atomic E-state index is 12.2. The molecular formula is C12H23ClN2O2. The van der Waals surface area contributed by atoms with E-state index in [0.717, 1.165) is 25.9 Å². The smallest absolute Gasteiger partial charge is 0.239 e. The molecule has 1 N–H and O–H groups in total. The van der Waals surface area contributed by atoms with Crippen molar-refractivity contribution in [2.75, 3.05) is 19.6 Å². The van der Waals surface area contributed by atoms with Gasteiger partial charge in [-0.05, 0) is 40.2 Å². The quantitative estimate of drug-likeness (QED) is 0.772. The summed E-state index contributed by atoms with van der Waals surface area (Å²) in [5, 5.41) is 3.26. The van der Waals surface area contributed by atoms with Gasteiger partial charge in [0.2, 0.25) is 5.91 Å². The SMILES string of the molecule is CC1CN(C(=O)C2CCCN2)CC(C)(C)O1.Cl. The number of halogens is 1. The van der Waals surface area contributed by atoms with Crippen LogP contribution < -0.4 is 5.32 Å². The average molecular weight is 263 g/mol. The van der Waals surface area contributed by atoms with E-state index < -0.39 is 0 Å². The minimum atomic E-state index is -0.216. The fourth-order valence-corrected chi connectivity index (χ4v) is 2.74. The van der Waals surface area contributed by atoms with Gasteiger partial charge in [0, 0.05) is 13.1 Å². The highest BCUT2D eigenvalue weighted by Gasteiger charge is 2.36. The third-order valence-electron chi connectivity index (χ3n) is 3.24. The Kier molecular flexibility index (Phi) is 4.81. The van der Waals surface area contributed by atoms with Gasteiger partial charge >= 0.3 is 0 Å². The molecule has 0 bridgehead atoms. The van der Waals surface area contributed by atoms with Crippen LogP contribution in [0.2, 0.25) is 0 Å².